The summed E-state index contributed by atoms with van der Waals surface area (Å²) < 4.78 is 0. The average Bonchev–Trinajstić information content (AvgIpc) is 3.23. The molecule has 3 heterocycles. The van der Waals surface area contributed by atoms with Gasteiger partial charge in [0.25, 0.3) is 0 Å². The maximum absolute atomic E-state index is 12.6. The number of carbonyl (C=O) groups is 3. The highest BCUT2D eigenvalue weighted by Crippen LogP contribution is 2.39. The second kappa shape index (κ2) is 7.46. The lowest BCUT2D eigenvalue weighted by Gasteiger charge is -2.35. The first-order valence-corrected chi connectivity index (χ1v) is 10.5. The predicted octanol–water partition coefficient (Wildman–Crippen LogP) is 0.932. The second-order valence-corrected chi connectivity index (χ2v) is 8.40. The molecule has 3 fully saturated rings. The zero-order chi connectivity index (χ0) is 19.0. The van der Waals surface area contributed by atoms with E-state index in [9.17, 15) is 14.4 Å². The van der Waals surface area contributed by atoms with Gasteiger partial charge in [-0.2, -0.15) is 0 Å². The molecule has 0 bridgehead atoms. The SMILES string of the molecule is C[C@@H]1C[C@@H]1C(=O)N1CCN(C(=O)Cc2csc(N3CCCNC3=O)n2)CC1. The van der Waals surface area contributed by atoms with Gasteiger partial charge in [-0.15, -0.1) is 11.3 Å². The molecule has 1 aromatic heterocycles. The summed E-state index contributed by atoms with van der Waals surface area (Å²) in [5.41, 5.74) is 0.698. The van der Waals surface area contributed by atoms with Gasteiger partial charge in [0.2, 0.25) is 11.8 Å². The summed E-state index contributed by atoms with van der Waals surface area (Å²) in [5, 5.41) is 5.30. The Morgan fingerprint density at radius 3 is 2.59 bits per heavy atom. The first kappa shape index (κ1) is 18.2. The average molecular weight is 391 g/mol. The number of rotatable bonds is 4. The van der Waals surface area contributed by atoms with E-state index < -0.39 is 0 Å². The van der Waals surface area contributed by atoms with Gasteiger partial charge < -0.3 is 15.1 Å². The van der Waals surface area contributed by atoms with Crippen LogP contribution in [-0.4, -0.2) is 71.9 Å². The van der Waals surface area contributed by atoms with E-state index in [1.807, 2.05) is 15.2 Å². The molecule has 0 spiro atoms. The number of hydrogen-bond acceptors (Lipinski definition) is 5. The summed E-state index contributed by atoms with van der Waals surface area (Å²) >= 11 is 1.39. The Balaban J connectivity index is 1.28. The molecule has 0 radical (unpaired) electrons. The van der Waals surface area contributed by atoms with Crippen LogP contribution in [0.5, 0.6) is 0 Å². The van der Waals surface area contributed by atoms with E-state index in [1.165, 1.54) is 11.3 Å². The Bertz CT molecular complexity index is 743. The molecular weight excluding hydrogens is 366 g/mol. The predicted molar refractivity (Wildman–Crippen MR) is 102 cm³/mol. The Labute approximate surface area is 162 Å². The molecule has 0 aromatic carbocycles. The van der Waals surface area contributed by atoms with Crippen LogP contribution < -0.4 is 10.2 Å². The first-order valence-electron chi connectivity index (χ1n) is 9.59. The van der Waals surface area contributed by atoms with Crippen LogP contribution in [0.2, 0.25) is 0 Å². The number of urea groups is 1. The number of piperazine rings is 1. The molecule has 2 aliphatic heterocycles. The molecule has 4 amide bonds. The first-order chi connectivity index (χ1) is 13.0. The minimum absolute atomic E-state index is 0.0295. The number of anilines is 1. The quantitative estimate of drug-likeness (QED) is 0.827. The number of amides is 4. The summed E-state index contributed by atoms with van der Waals surface area (Å²) in [4.78, 5) is 46.6. The number of carbonyl (C=O) groups excluding carboxylic acids is 3. The Kier molecular flexibility index (Phi) is 5.03. The standard InChI is InChI=1S/C18H25N5O3S/c1-12-9-14(12)16(25)22-7-5-21(6-8-22)15(24)10-13-11-27-18(20-13)23-4-2-3-19-17(23)26/h11-12,14H,2-10H2,1H3,(H,19,26)/t12-,14+/m1/s1. The molecule has 8 nitrogen and oxygen atoms in total. The summed E-state index contributed by atoms with van der Waals surface area (Å²) in [6, 6.07) is -0.126. The Morgan fingerprint density at radius 1 is 1.22 bits per heavy atom. The molecule has 4 rings (SSSR count). The fourth-order valence-electron chi connectivity index (χ4n) is 3.66. The zero-order valence-corrected chi connectivity index (χ0v) is 16.3. The highest BCUT2D eigenvalue weighted by atomic mass is 32.1. The maximum Gasteiger partial charge on any atom is 0.323 e. The molecule has 1 aromatic rings. The monoisotopic (exact) mass is 391 g/mol. The van der Waals surface area contributed by atoms with E-state index >= 15 is 0 Å². The van der Waals surface area contributed by atoms with Crippen LogP contribution in [0.15, 0.2) is 5.38 Å². The highest BCUT2D eigenvalue weighted by molar-refractivity contribution is 7.14. The van der Waals surface area contributed by atoms with Crippen molar-refractivity contribution in [2.45, 2.75) is 26.2 Å². The molecule has 9 heteroatoms. The largest absolute Gasteiger partial charge is 0.339 e. The second-order valence-electron chi connectivity index (χ2n) is 7.56. The third-order valence-electron chi connectivity index (χ3n) is 5.55. The Hall–Kier alpha value is -2.16. The van der Waals surface area contributed by atoms with Crippen molar-refractivity contribution in [2.75, 3.05) is 44.2 Å². The minimum atomic E-state index is -0.126. The number of hydrogen-bond donors (Lipinski definition) is 1. The molecule has 146 valence electrons. The fourth-order valence-corrected chi connectivity index (χ4v) is 4.51. The smallest absolute Gasteiger partial charge is 0.323 e. The van der Waals surface area contributed by atoms with Crippen LogP contribution >= 0.6 is 11.3 Å². The summed E-state index contributed by atoms with van der Waals surface area (Å²) in [6.45, 7) is 5.85. The molecule has 0 unspecified atom stereocenters. The molecular formula is C18H25N5O3S. The minimum Gasteiger partial charge on any atom is -0.339 e. The van der Waals surface area contributed by atoms with Gasteiger partial charge in [0.1, 0.15) is 0 Å². The topological polar surface area (TPSA) is 85.9 Å². The van der Waals surface area contributed by atoms with E-state index in [0.717, 1.165) is 12.8 Å². The third-order valence-corrected chi connectivity index (χ3v) is 6.47. The van der Waals surface area contributed by atoms with Gasteiger partial charge in [-0.1, -0.05) is 6.92 Å². The molecule has 1 N–H and O–H groups in total. The Morgan fingerprint density at radius 2 is 1.93 bits per heavy atom. The molecule has 1 saturated carbocycles. The van der Waals surface area contributed by atoms with Crippen molar-refractivity contribution in [1.29, 1.82) is 0 Å². The van der Waals surface area contributed by atoms with E-state index in [0.29, 0.717) is 56.0 Å². The normalized spacial score (nSPS) is 25.4. The number of aromatic nitrogens is 1. The van der Waals surface area contributed by atoms with Crippen molar-refractivity contribution in [3.8, 4) is 0 Å². The van der Waals surface area contributed by atoms with Gasteiger partial charge in [0.05, 0.1) is 12.1 Å². The van der Waals surface area contributed by atoms with Gasteiger partial charge in [0, 0.05) is 50.6 Å². The lowest BCUT2D eigenvalue weighted by atomic mass is 10.2. The van der Waals surface area contributed by atoms with Crippen LogP contribution in [0.3, 0.4) is 0 Å². The van der Waals surface area contributed by atoms with Crippen molar-refractivity contribution >= 4 is 34.3 Å². The van der Waals surface area contributed by atoms with E-state index in [-0.39, 0.29) is 30.2 Å². The van der Waals surface area contributed by atoms with Gasteiger partial charge in [-0.25, -0.2) is 9.78 Å². The van der Waals surface area contributed by atoms with Gasteiger partial charge >= 0.3 is 6.03 Å². The van der Waals surface area contributed by atoms with Crippen LogP contribution in [-0.2, 0) is 16.0 Å². The number of thiazole rings is 1. The number of nitrogens with zero attached hydrogens (tertiary/aromatic N) is 4. The fraction of sp³-hybridized carbons (Fsp3) is 0.667. The summed E-state index contributed by atoms with van der Waals surface area (Å²) in [7, 11) is 0. The molecule has 2 atom stereocenters. The van der Waals surface area contributed by atoms with Crippen LogP contribution in [0, 0.1) is 11.8 Å². The van der Waals surface area contributed by atoms with Crippen molar-refractivity contribution < 1.29 is 14.4 Å². The van der Waals surface area contributed by atoms with E-state index in [4.69, 9.17) is 0 Å². The van der Waals surface area contributed by atoms with E-state index in [2.05, 4.69) is 17.2 Å². The summed E-state index contributed by atoms with van der Waals surface area (Å²) in [5.74, 6) is 0.992. The maximum atomic E-state index is 12.6. The van der Waals surface area contributed by atoms with Crippen molar-refractivity contribution in [3.05, 3.63) is 11.1 Å². The van der Waals surface area contributed by atoms with Crippen LogP contribution in [0.25, 0.3) is 0 Å². The van der Waals surface area contributed by atoms with Crippen LogP contribution in [0.1, 0.15) is 25.5 Å². The summed E-state index contributed by atoms with van der Waals surface area (Å²) in [6.07, 6.45) is 2.13. The molecule has 3 aliphatic rings. The van der Waals surface area contributed by atoms with Crippen molar-refractivity contribution in [2.24, 2.45) is 11.8 Å². The van der Waals surface area contributed by atoms with Crippen LogP contribution in [0.4, 0.5) is 9.93 Å². The van der Waals surface area contributed by atoms with Crippen molar-refractivity contribution in [3.63, 3.8) is 0 Å². The van der Waals surface area contributed by atoms with E-state index in [1.54, 1.807) is 4.90 Å². The molecule has 27 heavy (non-hydrogen) atoms. The van der Waals surface area contributed by atoms with Crippen molar-refractivity contribution in [1.82, 2.24) is 20.1 Å². The number of nitrogens with one attached hydrogen (secondary N) is 1. The highest BCUT2D eigenvalue weighted by Gasteiger charge is 2.42. The molecule has 1 aliphatic carbocycles. The van der Waals surface area contributed by atoms with Gasteiger partial charge in [-0.3, -0.25) is 14.5 Å². The zero-order valence-electron chi connectivity index (χ0n) is 15.5. The van der Waals surface area contributed by atoms with Gasteiger partial charge in [0.15, 0.2) is 5.13 Å². The lowest BCUT2D eigenvalue weighted by molar-refractivity contribution is -0.140. The third kappa shape index (κ3) is 3.92. The van der Waals surface area contributed by atoms with Gasteiger partial charge in [-0.05, 0) is 18.8 Å². The molecule has 2 saturated heterocycles. The lowest BCUT2D eigenvalue weighted by Crippen LogP contribution is -2.51.